The summed E-state index contributed by atoms with van der Waals surface area (Å²) in [6, 6.07) is 3.38. The molecule has 0 fully saturated rings. The van der Waals surface area contributed by atoms with Crippen LogP contribution in [0.4, 0.5) is 5.69 Å². The molecule has 1 aromatic rings. The molecule has 84 valence electrons. The molecule has 1 aromatic carbocycles. The number of halogens is 2. The average Bonchev–Trinajstić information content (AvgIpc) is 2.14. The number of hydrogen-bond donors (Lipinski definition) is 0. The van der Waals surface area contributed by atoms with Gasteiger partial charge in [-0.2, -0.15) is 5.26 Å². The Morgan fingerprint density at radius 3 is 2.44 bits per heavy atom. The molecule has 0 unspecified atom stereocenters. The summed E-state index contributed by atoms with van der Waals surface area (Å²) in [7, 11) is 0.860. The van der Waals surface area contributed by atoms with Gasteiger partial charge in [-0.3, -0.25) is 10.1 Å². The van der Waals surface area contributed by atoms with Gasteiger partial charge in [0.15, 0.2) is 0 Å². The molecule has 0 aromatic heterocycles. The van der Waals surface area contributed by atoms with Crippen molar-refractivity contribution in [3.8, 4) is 6.07 Å². The molecule has 0 saturated carbocycles. The van der Waals surface area contributed by atoms with Crippen molar-refractivity contribution in [2.45, 2.75) is 4.90 Å². The summed E-state index contributed by atoms with van der Waals surface area (Å²) in [6.45, 7) is 0. The lowest BCUT2D eigenvalue weighted by atomic mass is 10.2. The van der Waals surface area contributed by atoms with E-state index in [0.717, 1.165) is 12.1 Å². The number of benzene rings is 1. The van der Waals surface area contributed by atoms with Crippen molar-refractivity contribution in [2.75, 3.05) is 0 Å². The Hall–Kier alpha value is -1.17. The molecule has 0 aliphatic carbocycles. The van der Waals surface area contributed by atoms with Crippen LogP contribution in [0.2, 0.25) is 0 Å². The van der Waals surface area contributed by atoms with Crippen LogP contribution in [0.3, 0.4) is 0 Å². The summed E-state index contributed by atoms with van der Waals surface area (Å²) >= 11 is 2.87. The highest BCUT2D eigenvalue weighted by Crippen LogP contribution is 2.31. The number of nitrogens with zero attached hydrogens (tertiary/aromatic N) is 2. The fraction of sp³-hybridized carbons (Fsp3) is 0. The smallest absolute Gasteiger partial charge is 0.258 e. The summed E-state index contributed by atoms with van der Waals surface area (Å²) in [5, 5.41) is 19.2. The summed E-state index contributed by atoms with van der Waals surface area (Å²) in [5.41, 5.74) is -0.731. The lowest BCUT2D eigenvalue weighted by Gasteiger charge is -2.02. The molecular formula is C7H2BrClN2O4S. The fourth-order valence-electron chi connectivity index (χ4n) is 0.974. The summed E-state index contributed by atoms with van der Waals surface area (Å²) in [4.78, 5) is 9.13. The largest absolute Gasteiger partial charge is 0.272 e. The first-order valence-corrected chi connectivity index (χ1v) is 6.70. The highest BCUT2D eigenvalue weighted by Gasteiger charge is 2.23. The van der Waals surface area contributed by atoms with Gasteiger partial charge in [-0.05, 0) is 15.9 Å². The zero-order chi connectivity index (χ0) is 12.5. The minimum atomic E-state index is -4.21. The molecule has 0 radical (unpaired) electrons. The van der Waals surface area contributed by atoms with Crippen molar-refractivity contribution >= 4 is 41.4 Å². The maximum absolute atomic E-state index is 11.1. The minimum absolute atomic E-state index is 0.00317. The minimum Gasteiger partial charge on any atom is -0.258 e. The van der Waals surface area contributed by atoms with Gasteiger partial charge in [0.1, 0.15) is 11.0 Å². The molecule has 0 aliphatic rings. The van der Waals surface area contributed by atoms with Crippen LogP contribution in [0.25, 0.3) is 0 Å². The SMILES string of the molecule is N#Cc1c(Br)cc([N+](=O)[O-])cc1S(=O)(=O)Cl. The van der Waals surface area contributed by atoms with Gasteiger partial charge in [-0.25, -0.2) is 8.42 Å². The lowest BCUT2D eigenvalue weighted by molar-refractivity contribution is -0.385. The third kappa shape index (κ3) is 2.49. The number of hydrogen-bond acceptors (Lipinski definition) is 5. The molecule has 6 nitrogen and oxygen atoms in total. The van der Waals surface area contributed by atoms with Crippen molar-refractivity contribution < 1.29 is 13.3 Å². The zero-order valence-corrected chi connectivity index (χ0v) is 10.5. The first-order chi connectivity index (χ1) is 7.27. The Morgan fingerprint density at radius 2 is 2.06 bits per heavy atom. The van der Waals surface area contributed by atoms with Crippen molar-refractivity contribution in [1.82, 2.24) is 0 Å². The summed E-state index contributed by atoms with van der Waals surface area (Å²) in [6.07, 6.45) is 0. The van der Waals surface area contributed by atoms with Gasteiger partial charge in [0.05, 0.1) is 10.5 Å². The molecule has 16 heavy (non-hydrogen) atoms. The molecule has 9 heteroatoms. The van der Waals surface area contributed by atoms with Gasteiger partial charge in [0.25, 0.3) is 14.7 Å². The number of nitro groups is 1. The molecule has 0 N–H and O–H groups in total. The van der Waals surface area contributed by atoms with Crippen molar-refractivity contribution in [3.05, 3.63) is 32.3 Å². The van der Waals surface area contributed by atoms with E-state index >= 15 is 0 Å². The second-order valence-corrected chi connectivity index (χ2v) is 6.00. The molecule has 1 rings (SSSR count). The van der Waals surface area contributed by atoms with E-state index in [-0.39, 0.29) is 10.0 Å². The third-order valence-corrected chi connectivity index (χ3v) is 3.60. The standard InChI is InChI=1S/C7H2BrClN2O4S/c8-6-1-4(11(12)13)2-7(5(6)3-10)16(9,14)15/h1-2H. The summed E-state index contributed by atoms with van der Waals surface area (Å²) < 4.78 is 22.2. The van der Waals surface area contributed by atoms with Gasteiger partial charge in [-0.15, -0.1) is 0 Å². The maximum Gasteiger partial charge on any atom is 0.272 e. The van der Waals surface area contributed by atoms with Gasteiger partial charge in [0, 0.05) is 27.3 Å². The number of rotatable bonds is 2. The van der Waals surface area contributed by atoms with Crippen LogP contribution in [-0.4, -0.2) is 13.3 Å². The molecule has 0 atom stereocenters. The Bertz CT molecular complexity index is 608. The van der Waals surface area contributed by atoms with E-state index in [1.54, 1.807) is 6.07 Å². The Balaban J connectivity index is 3.71. The molecule has 0 heterocycles. The molecule has 0 spiro atoms. The molecule has 0 bridgehead atoms. The predicted molar refractivity (Wildman–Crippen MR) is 58.6 cm³/mol. The highest BCUT2D eigenvalue weighted by molar-refractivity contribution is 9.10. The van der Waals surface area contributed by atoms with E-state index in [4.69, 9.17) is 15.9 Å². The van der Waals surface area contributed by atoms with Crippen LogP contribution in [-0.2, 0) is 9.05 Å². The van der Waals surface area contributed by atoms with Crippen LogP contribution in [0.5, 0.6) is 0 Å². The first kappa shape index (κ1) is 12.9. The monoisotopic (exact) mass is 324 g/mol. The van der Waals surface area contributed by atoms with E-state index in [2.05, 4.69) is 15.9 Å². The van der Waals surface area contributed by atoms with Crippen molar-refractivity contribution in [1.29, 1.82) is 5.26 Å². The average molecular weight is 326 g/mol. The Kier molecular flexibility index (Phi) is 3.52. The normalized spacial score (nSPS) is 10.8. The Labute approximate surface area is 103 Å². The molecule has 0 saturated heterocycles. The number of nitriles is 1. The first-order valence-electron chi connectivity index (χ1n) is 3.60. The van der Waals surface area contributed by atoms with E-state index in [1.165, 1.54) is 0 Å². The lowest BCUT2D eigenvalue weighted by Crippen LogP contribution is -1.99. The molecular weight excluding hydrogens is 324 g/mol. The summed E-state index contributed by atoms with van der Waals surface area (Å²) in [5.74, 6) is 0. The predicted octanol–water partition coefficient (Wildman–Crippen LogP) is 2.16. The number of nitro benzene ring substituents is 1. The maximum atomic E-state index is 11.1. The second-order valence-electron chi connectivity index (χ2n) is 2.61. The molecule has 0 aliphatic heterocycles. The van der Waals surface area contributed by atoms with Gasteiger partial charge in [-0.1, -0.05) is 0 Å². The van der Waals surface area contributed by atoms with E-state index < -0.39 is 24.6 Å². The van der Waals surface area contributed by atoms with Crippen LogP contribution in [0.15, 0.2) is 21.5 Å². The Morgan fingerprint density at radius 1 is 1.50 bits per heavy atom. The second kappa shape index (κ2) is 4.37. The van der Waals surface area contributed by atoms with Crippen LogP contribution >= 0.6 is 26.6 Å². The van der Waals surface area contributed by atoms with Gasteiger partial charge < -0.3 is 0 Å². The van der Waals surface area contributed by atoms with Crippen LogP contribution < -0.4 is 0 Å². The van der Waals surface area contributed by atoms with Crippen LogP contribution in [0, 0.1) is 21.4 Å². The van der Waals surface area contributed by atoms with E-state index in [0.29, 0.717) is 0 Å². The van der Waals surface area contributed by atoms with Gasteiger partial charge >= 0.3 is 0 Å². The number of non-ortho nitro benzene ring substituents is 1. The van der Waals surface area contributed by atoms with Crippen molar-refractivity contribution in [2.24, 2.45) is 0 Å². The highest BCUT2D eigenvalue weighted by atomic mass is 79.9. The van der Waals surface area contributed by atoms with E-state index in [9.17, 15) is 18.5 Å². The fourth-order valence-corrected chi connectivity index (χ4v) is 2.67. The van der Waals surface area contributed by atoms with E-state index in [1.807, 2.05) is 0 Å². The topological polar surface area (TPSA) is 101 Å². The third-order valence-electron chi connectivity index (χ3n) is 1.62. The van der Waals surface area contributed by atoms with Gasteiger partial charge in [0.2, 0.25) is 0 Å². The zero-order valence-electron chi connectivity index (χ0n) is 7.35. The van der Waals surface area contributed by atoms with Crippen LogP contribution in [0.1, 0.15) is 5.56 Å². The molecule has 0 amide bonds. The quantitative estimate of drug-likeness (QED) is 0.471. The van der Waals surface area contributed by atoms with Crippen molar-refractivity contribution in [3.63, 3.8) is 0 Å².